The summed E-state index contributed by atoms with van der Waals surface area (Å²) in [6, 6.07) is 5.24. The molecule has 1 unspecified atom stereocenters. The van der Waals surface area contributed by atoms with E-state index < -0.39 is 0 Å². The molecule has 0 fully saturated rings. The molecule has 0 aliphatic rings. The number of ether oxygens (including phenoxy) is 3. The number of rotatable bonds is 6. The molecule has 0 bridgehead atoms. The van der Waals surface area contributed by atoms with Crippen molar-refractivity contribution in [1.29, 1.82) is 0 Å². The molecule has 1 heterocycles. The molecule has 0 amide bonds. The third kappa shape index (κ3) is 2.69. The third-order valence-electron chi connectivity index (χ3n) is 3.51. The molecule has 1 aromatic carbocycles. The lowest BCUT2D eigenvalue weighted by atomic mass is 9.97. The maximum atomic E-state index is 6.39. The summed E-state index contributed by atoms with van der Waals surface area (Å²) < 4.78 is 21.6. The van der Waals surface area contributed by atoms with Gasteiger partial charge >= 0.3 is 0 Å². The lowest BCUT2D eigenvalue weighted by molar-refractivity contribution is 0.321. The zero-order chi connectivity index (χ0) is 15.4. The van der Waals surface area contributed by atoms with Crippen LogP contribution >= 0.6 is 0 Å². The van der Waals surface area contributed by atoms with Gasteiger partial charge in [0.05, 0.1) is 33.6 Å². The normalized spacial score (nSPS) is 12.0. The Labute approximate surface area is 124 Å². The predicted octanol–water partition coefficient (Wildman–Crippen LogP) is 2.92. The average molecular weight is 291 g/mol. The monoisotopic (exact) mass is 291 g/mol. The minimum atomic E-state index is -0.353. The van der Waals surface area contributed by atoms with Crippen LogP contribution in [0, 0.1) is 0 Å². The maximum Gasteiger partial charge on any atom is 0.203 e. The van der Waals surface area contributed by atoms with E-state index in [0.717, 1.165) is 23.3 Å². The van der Waals surface area contributed by atoms with Gasteiger partial charge in [0.1, 0.15) is 5.76 Å². The van der Waals surface area contributed by atoms with Crippen molar-refractivity contribution in [3.8, 4) is 17.2 Å². The van der Waals surface area contributed by atoms with E-state index in [9.17, 15) is 0 Å². The lowest BCUT2D eigenvalue weighted by Gasteiger charge is -2.19. The van der Waals surface area contributed by atoms with Gasteiger partial charge in [-0.15, -0.1) is 0 Å². The summed E-state index contributed by atoms with van der Waals surface area (Å²) in [5.74, 6) is 2.59. The molecule has 2 N–H and O–H groups in total. The van der Waals surface area contributed by atoms with Gasteiger partial charge in [-0.3, -0.25) is 0 Å². The number of methoxy groups -OCH3 is 3. The van der Waals surface area contributed by atoms with Crippen LogP contribution in [0.3, 0.4) is 0 Å². The van der Waals surface area contributed by atoms with E-state index in [1.807, 2.05) is 25.1 Å². The largest absolute Gasteiger partial charge is 0.493 e. The highest BCUT2D eigenvalue weighted by Gasteiger charge is 2.23. The van der Waals surface area contributed by atoms with E-state index in [1.54, 1.807) is 27.6 Å². The number of furan rings is 1. The molecule has 1 aromatic heterocycles. The number of nitrogens with two attached hydrogens (primary N) is 1. The van der Waals surface area contributed by atoms with Crippen molar-refractivity contribution in [1.82, 2.24) is 0 Å². The number of benzene rings is 1. The smallest absolute Gasteiger partial charge is 0.203 e. The molecular weight excluding hydrogens is 270 g/mol. The topological polar surface area (TPSA) is 66.9 Å². The van der Waals surface area contributed by atoms with Crippen molar-refractivity contribution in [2.24, 2.45) is 5.73 Å². The fraction of sp³-hybridized carbons (Fsp3) is 0.375. The Morgan fingerprint density at radius 2 is 1.71 bits per heavy atom. The molecule has 0 aliphatic heterocycles. The van der Waals surface area contributed by atoms with Gasteiger partial charge in [-0.1, -0.05) is 6.92 Å². The van der Waals surface area contributed by atoms with Gasteiger partial charge in [-0.05, 0) is 18.2 Å². The minimum absolute atomic E-state index is 0.353. The molecule has 0 spiro atoms. The highest BCUT2D eigenvalue weighted by molar-refractivity contribution is 5.58. The van der Waals surface area contributed by atoms with E-state index in [-0.39, 0.29) is 6.04 Å². The van der Waals surface area contributed by atoms with Crippen LogP contribution in [0.4, 0.5) is 0 Å². The molecular formula is C16H21NO4. The van der Waals surface area contributed by atoms with E-state index in [4.69, 9.17) is 24.4 Å². The first kappa shape index (κ1) is 15.3. The molecule has 5 nitrogen and oxygen atoms in total. The highest BCUT2D eigenvalue weighted by Crippen LogP contribution is 2.43. The first-order chi connectivity index (χ1) is 10.2. The van der Waals surface area contributed by atoms with Gasteiger partial charge in [-0.2, -0.15) is 0 Å². The molecule has 0 aliphatic carbocycles. The minimum Gasteiger partial charge on any atom is -0.493 e. The van der Waals surface area contributed by atoms with Crippen LogP contribution < -0.4 is 19.9 Å². The molecule has 0 saturated heterocycles. The summed E-state index contributed by atoms with van der Waals surface area (Å²) in [6.07, 6.45) is 2.44. The van der Waals surface area contributed by atoms with Crippen LogP contribution in [0.25, 0.3) is 0 Å². The van der Waals surface area contributed by atoms with Crippen molar-refractivity contribution in [2.45, 2.75) is 19.4 Å². The maximum absolute atomic E-state index is 6.39. The molecule has 5 heteroatoms. The summed E-state index contributed by atoms with van der Waals surface area (Å²) in [5.41, 5.74) is 8.16. The van der Waals surface area contributed by atoms with E-state index in [2.05, 4.69) is 0 Å². The number of hydrogen-bond donors (Lipinski definition) is 1. The first-order valence-electron chi connectivity index (χ1n) is 6.78. The van der Waals surface area contributed by atoms with Crippen molar-refractivity contribution in [3.63, 3.8) is 0 Å². The Morgan fingerprint density at radius 1 is 1.00 bits per heavy atom. The Morgan fingerprint density at radius 3 is 2.29 bits per heavy atom. The summed E-state index contributed by atoms with van der Waals surface area (Å²) in [4.78, 5) is 0. The lowest BCUT2D eigenvalue weighted by Crippen LogP contribution is -2.14. The van der Waals surface area contributed by atoms with Gasteiger partial charge in [-0.25, -0.2) is 0 Å². The van der Waals surface area contributed by atoms with Crippen LogP contribution in [-0.4, -0.2) is 21.3 Å². The van der Waals surface area contributed by atoms with Gasteiger partial charge in [0, 0.05) is 17.5 Å². The van der Waals surface area contributed by atoms with Gasteiger partial charge in [0.15, 0.2) is 11.5 Å². The summed E-state index contributed by atoms with van der Waals surface area (Å²) in [5, 5.41) is 0. The SMILES string of the molecule is CCc1occc1C(N)c1ccc(OC)c(OC)c1OC. The molecule has 0 radical (unpaired) electrons. The van der Waals surface area contributed by atoms with Crippen molar-refractivity contribution >= 4 is 0 Å². The Bertz CT molecular complexity index is 606. The van der Waals surface area contributed by atoms with E-state index in [1.165, 1.54) is 0 Å². The number of hydrogen-bond acceptors (Lipinski definition) is 5. The zero-order valence-electron chi connectivity index (χ0n) is 12.8. The molecule has 21 heavy (non-hydrogen) atoms. The second-order valence-corrected chi connectivity index (χ2v) is 4.55. The number of aryl methyl sites for hydroxylation is 1. The van der Waals surface area contributed by atoms with E-state index >= 15 is 0 Å². The van der Waals surface area contributed by atoms with Crippen LogP contribution in [0.15, 0.2) is 28.9 Å². The van der Waals surface area contributed by atoms with Crippen molar-refractivity contribution in [2.75, 3.05) is 21.3 Å². The molecule has 2 rings (SSSR count). The van der Waals surface area contributed by atoms with E-state index in [0.29, 0.717) is 17.2 Å². The van der Waals surface area contributed by atoms with Crippen LogP contribution in [0.5, 0.6) is 17.2 Å². The third-order valence-corrected chi connectivity index (χ3v) is 3.51. The fourth-order valence-electron chi connectivity index (χ4n) is 2.45. The van der Waals surface area contributed by atoms with Gasteiger partial charge < -0.3 is 24.4 Å². The Hall–Kier alpha value is -2.14. The van der Waals surface area contributed by atoms with Crippen LogP contribution in [0.2, 0.25) is 0 Å². The van der Waals surface area contributed by atoms with Crippen LogP contribution in [-0.2, 0) is 6.42 Å². The van der Waals surface area contributed by atoms with Crippen molar-refractivity contribution < 1.29 is 18.6 Å². The fourth-order valence-corrected chi connectivity index (χ4v) is 2.45. The second-order valence-electron chi connectivity index (χ2n) is 4.55. The molecule has 0 saturated carbocycles. The second kappa shape index (κ2) is 6.54. The average Bonchev–Trinajstić information content (AvgIpc) is 3.00. The predicted molar refractivity (Wildman–Crippen MR) is 80.2 cm³/mol. The van der Waals surface area contributed by atoms with Crippen LogP contribution in [0.1, 0.15) is 29.9 Å². The molecule has 2 aromatic rings. The Kier molecular flexibility index (Phi) is 4.75. The summed E-state index contributed by atoms with van der Waals surface area (Å²) in [6.45, 7) is 2.03. The van der Waals surface area contributed by atoms with Gasteiger partial charge in [0.2, 0.25) is 5.75 Å². The standard InChI is InChI=1S/C16H21NO4/c1-5-12-10(8-9-21-12)14(17)11-6-7-13(18-2)16(20-4)15(11)19-3/h6-9,14H,5,17H2,1-4H3. The zero-order valence-corrected chi connectivity index (χ0v) is 12.8. The molecule has 114 valence electrons. The highest BCUT2D eigenvalue weighted by atomic mass is 16.5. The molecule has 1 atom stereocenters. The van der Waals surface area contributed by atoms with Crippen molar-refractivity contribution in [3.05, 3.63) is 41.3 Å². The Balaban J connectivity index is 2.53. The summed E-state index contributed by atoms with van der Waals surface area (Å²) >= 11 is 0. The quantitative estimate of drug-likeness (QED) is 0.886. The van der Waals surface area contributed by atoms with Gasteiger partial charge in [0.25, 0.3) is 0 Å². The summed E-state index contributed by atoms with van der Waals surface area (Å²) in [7, 11) is 4.75. The first-order valence-corrected chi connectivity index (χ1v) is 6.78.